The number of carbonyl (C=O) groups excluding carboxylic acids is 2. The molecule has 1 N–H and O–H groups in total. The molecule has 4 rings (SSSR count). The van der Waals surface area contributed by atoms with Crippen LogP contribution in [0.15, 0.2) is 78.4 Å². The highest BCUT2D eigenvalue weighted by Crippen LogP contribution is 2.29. The van der Waals surface area contributed by atoms with E-state index in [0.29, 0.717) is 35.8 Å². The molecule has 0 spiro atoms. The average molecular weight is 425 g/mol. The summed E-state index contributed by atoms with van der Waals surface area (Å²) >= 11 is 0. The molecule has 0 saturated carbocycles. The zero-order valence-electron chi connectivity index (χ0n) is 17.1. The molecule has 0 radical (unpaired) electrons. The maximum atomic E-state index is 12.5. The van der Waals surface area contributed by atoms with Crippen molar-refractivity contribution in [1.82, 2.24) is 0 Å². The zero-order chi connectivity index (χ0) is 22.5. The van der Waals surface area contributed by atoms with Gasteiger partial charge in [-0.25, -0.2) is 0 Å². The number of allylic oxidation sites excluding steroid dienone is 1. The standard InChI is InChI=1S/C26H19NO5/c27-16-18-7-11-20(12-8-18)32-14-13-31-19-9-5-17(6-10-19)15-23-24(28)21-3-1-2-4-22(21)25(29)26(23)30/h1-12,28H,13-15H2. The number of hydrogen-bond acceptors (Lipinski definition) is 6. The number of nitrogens with zero attached hydrogens (tertiary/aromatic N) is 1. The minimum absolute atomic E-state index is 0.0955. The molecule has 1 aliphatic carbocycles. The lowest BCUT2D eigenvalue weighted by atomic mass is 9.86. The summed E-state index contributed by atoms with van der Waals surface area (Å²) in [6, 6.07) is 22.5. The highest BCUT2D eigenvalue weighted by Gasteiger charge is 2.32. The second-order valence-electron chi connectivity index (χ2n) is 7.18. The molecule has 0 aliphatic heterocycles. The van der Waals surface area contributed by atoms with Gasteiger partial charge in [-0.3, -0.25) is 9.59 Å². The minimum atomic E-state index is -0.679. The maximum absolute atomic E-state index is 12.5. The number of aliphatic hydroxyl groups is 1. The van der Waals surface area contributed by atoms with Gasteiger partial charge in [-0.05, 0) is 42.0 Å². The number of benzene rings is 3. The van der Waals surface area contributed by atoms with Gasteiger partial charge in [-0.1, -0.05) is 36.4 Å². The normalized spacial score (nSPS) is 12.8. The van der Waals surface area contributed by atoms with Crippen LogP contribution in [-0.4, -0.2) is 29.9 Å². The van der Waals surface area contributed by atoms with Gasteiger partial charge in [-0.2, -0.15) is 5.26 Å². The number of aliphatic hydroxyl groups excluding tert-OH is 1. The molecule has 32 heavy (non-hydrogen) atoms. The molecular formula is C26H19NO5. The van der Waals surface area contributed by atoms with E-state index in [2.05, 4.69) is 6.07 Å². The Morgan fingerprint density at radius 3 is 1.91 bits per heavy atom. The summed E-state index contributed by atoms with van der Waals surface area (Å²) in [6.45, 7) is 0.666. The van der Waals surface area contributed by atoms with E-state index in [-0.39, 0.29) is 23.3 Å². The van der Waals surface area contributed by atoms with Crippen molar-refractivity contribution in [3.8, 4) is 17.6 Å². The summed E-state index contributed by atoms with van der Waals surface area (Å²) in [4.78, 5) is 24.8. The Hall–Kier alpha value is -4.37. The molecule has 3 aromatic carbocycles. The first-order valence-corrected chi connectivity index (χ1v) is 10.0. The van der Waals surface area contributed by atoms with Gasteiger partial charge in [0.1, 0.15) is 30.5 Å². The van der Waals surface area contributed by atoms with Crippen molar-refractivity contribution in [3.63, 3.8) is 0 Å². The molecule has 0 heterocycles. The molecule has 0 saturated heterocycles. The van der Waals surface area contributed by atoms with Gasteiger partial charge in [0.25, 0.3) is 0 Å². The Morgan fingerprint density at radius 2 is 1.31 bits per heavy atom. The predicted octanol–water partition coefficient (Wildman–Crippen LogP) is 4.29. The Morgan fingerprint density at radius 1 is 0.750 bits per heavy atom. The molecule has 0 amide bonds. The van der Waals surface area contributed by atoms with E-state index in [1.807, 2.05) is 0 Å². The first kappa shape index (κ1) is 20.9. The van der Waals surface area contributed by atoms with Crippen LogP contribution in [0, 0.1) is 11.3 Å². The predicted molar refractivity (Wildman–Crippen MR) is 118 cm³/mol. The average Bonchev–Trinajstić information content (AvgIpc) is 2.84. The van der Waals surface area contributed by atoms with Crippen molar-refractivity contribution in [2.75, 3.05) is 13.2 Å². The molecule has 1 aliphatic rings. The number of ether oxygens (including phenoxy) is 2. The fourth-order valence-electron chi connectivity index (χ4n) is 3.43. The van der Waals surface area contributed by atoms with Crippen LogP contribution in [0.25, 0.3) is 5.76 Å². The quantitative estimate of drug-likeness (QED) is 0.448. The van der Waals surface area contributed by atoms with Gasteiger partial charge in [-0.15, -0.1) is 0 Å². The number of ketones is 2. The zero-order valence-corrected chi connectivity index (χ0v) is 17.1. The van der Waals surface area contributed by atoms with Crippen molar-refractivity contribution in [2.45, 2.75) is 6.42 Å². The topological polar surface area (TPSA) is 96.6 Å². The molecule has 0 atom stereocenters. The lowest BCUT2D eigenvalue weighted by molar-refractivity contribution is -0.112. The molecule has 0 fully saturated rings. The van der Waals surface area contributed by atoms with Gasteiger partial charge >= 0.3 is 0 Å². The molecular weight excluding hydrogens is 406 g/mol. The number of Topliss-reactive ketones (excluding diaryl/α,β-unsaturated/α-hetero) is 2. The van der Waals surface area contributed by atoms with E-state index in [1.165, 1.54) is 0 Å². The highest BCUT2D eigenvalue weighted by atomic mass is 16.5. The van der Waals surface area contributed by atoms with Crippen LogP contribution in [0.5, 0.6) is 11.5 Å². The SMILES string of the molecule is N#Cc1ccc(OCCOc2ccc(CC3=C(O)c4ccccc4C(=O)C3=O)cc2)cc1. The van der Waals surface area contributed by atoms with E-state index in [9.17, 15) is 14.7 Å². The van der Waals surface area contributed by atoms with Crippen molar-refractivity contribution >= 4 is 17.3 Å². The summed E-state index contributed by atoms with van der Waals surface area (Å²) in [7, 11) is 0. The minimum Gasteiger partial charge on any atom is -0.507 e. The summed E-state index contributed by atoms with van der Waals surface area (Å²) in [5.41, 5.74) is 2.05. The third-order valence-electron chi connectivity index (χ3n) is 5.10. The summed E-state index contributed by atoms with van der Waals surface area (Å²) < 4.78 is 11.2. The van der Waals surface area contributed by atoms with E-state index < -0.39 is 11.6 Å². The first-order valence-electron chi connectivity index (χ1n) is 10.0. The van der Waals surface area contributed by atoms with E-state index in [0.717, 1.165) is 5.56 Å². The second-order valence-corrected chi connectivity index (χ2v) is 7.18. The van der Waals surface area contributed by atoms with Crippen molar-refractivity contribution in [1.29, 1.82) is 5.26 Å². The first-order chi connectivity index (χ1) is 15.6. The van der Waals surface area contributed by atoms with Crippen LogP contribution in [0.1, 0.15) is 27.0 Å². The summed E-state index contributed by atoms with van der Waals surface area (Å²) in [5, 5.41) is 19.3. The van der Waals surface area contributed by atoms with Gasteiger partial charge < -0.3 is 14.6 Å². The monoisotopic (exact) mass is 425 g/mol. The lowest BCUT2D eigenvalue weighted by Gasteiger charge is -2.17. The molecule has 6 heteroatoms. The number of rotatable bonds is 7. The Labute approximate surface area is 185 Å². The van der Waals surface area contributed by atoms with Crippen LogP contribution < -0.4 is 9.47 Å². The van der Waals surface area contributed by atoms with Crippen LogP contribution >= 0.6 is 0 Å². The maximum Gasteiger partial charge on any atom is 0.234 e. The molecule has 6 nitrogen and oxygen atoms in total. The van der Waals surface area contributed by atoms with Crippen molar-refractivity contribution < 1.29 is 24.2 Å². The fourth-order valence-corrected chi connectivity index (χ4v) is 3.43. The van der Waals surface area contributed by atoms with E-state index >= 15 is 0 Å². The lowest BCUT2D eigenvalue weighted by Crippen LogP contribution is -2.25. The number of fused-ring (bicyclic) bond motifs is 1. The summed E-state index contributed by atoms with van der Waals surface area (Å²) in [5.74, 6) is -0.140. The number of carbonyl (C=O) groups is 2. The van der Waals surface area contributed by atoms with Crippen LogP contribution in [-0.2, 0) is 11.2 Å². The molecule has 0 aromatic heterocycles. The van der Waals surface area contributed by atoms with Gasteiger partial charge in [0.15, 0.2) is 0 Å². The molecule has 158 valence electrons. The number of hydrogen-bond donors (Lipinski definition) is 1. The van der Waals surface area contributed by atoms with Crippen LogP contribution in [0.4, 0.5) is 0 Å². The second kappa shape index (κ2) is 9.19. The van der Waals surface area contributed by atoms with Gasteiger partial charge in [0.2, 0.25) is 11.6 Å². The molecule has 0 unspecified atom stereocenters. The Kier molecular flexibility index (Phi) is 6.00. The van der Waals surface area contributed by atoms with Crippen LogP contribution in [0.2, 0.25) is 0 Å². The third kappa shape index (κ3) is 4.37. The van der Waals surface area contributed by atoms with Crippen LogP contribution in [0.3, 0.4) is 0 Å². The third-order valence-corrected chi connectivity index (χ3v) is 5.10. The van der Waals surface area contributed by atoms with E-state index in [1.54, 1.807) is 72.8 Å². The van der Waals surface area contributed by atoms with E-state index in [4.69, 9.17) is 14.7 Å². The largest absolute Gasteiger partial charge is 0.507 e. The highest BCUT2D eigenvalue weighted by molar-refractivity contribution is 6.52. The Balaban J connectivity index is 1.35. The molecule has 3 aromatic rings. The smallest absolute Gasteiger partial charge is 0.234 e. The number of nitriles is 1. The van der Waals surface area contributed by atoms with Crippen molar-refractivity contribution in [3.05, 3.63) is 101 Å². The van der Waals surface area contributed by atoms with Crippen molar-refractivity contribution in [2.24, 2.45) is 0 Å². The van der Waals surface area contributed by atoms with Gasteiger partial charge in [0.05, 0.1) is 17.2 Å². The molecule has 0 bridgehead atoms. The Bertz CT molecular complexity index is 1230. The fraction of sp³-hybridized carbons (Fsp3) is 0.115. The summed E-state index contributed by atoms with van der Waals surface area (Å²) in [6.07, 6.45) is 0.146. The van der Waals surface area contributed by atoms with Gasteiger partial charge in [0, 0.05) is 17.5 Å².